The van der Waals surface area contributed by atoms with Crippen LogP contribution in [0.4, 0.5) is 0 Å². The first-order chi connectivity index (χ1) is 14.6. The number of thioether (sulfide) groups is 1. The molecule has 0 saturated carbocycles. The van der Waals surface area contributed by atoms with E-state index >= 15 is 0 Å². The lowest BCUT2D eigenvalue weighted by molar-refractivity contribution is 0.453. The average molecular weight is 434 g/mol. The van der Waals surface area contributed by atoms with Crippen LogP contribution in [0.25, 0.3) is 21.2 Å². The number of aromatic hydroxyl groups is 2. The minimum absolute atomic E-state index is 0.0306. The summed E-state index contributed by atoms with van der Waals surface area (Å²) in [5, 5.41) is 21.3. The number of fused-ring (bicyclic) bond motifs is 2. The van der Waals surface area contributed by atoms with Crippen molar-refractivity contribution in [2.45, 2.75) is 9.59 Å². The van der Waals surface area contributed by atoms with Gasteiger partial charge in [-0.2, -0.15) is 0 Å². The SMILES string of the molecule is O=c1oc2ccccc2c(O)c1C(Sc1nc2ccccc2s1)c1ccccc1O. The van der Waals surface area contributed by atoms with Crippen LogP contribution < -0.4 is 5.63 Å². The fourth-order valence-electron chi connectivity index (χ4n) is 3.37. The van der Waals surface area contributed by atoms with Crippen molar-refractivity contribution in [3.8, 4) is 11.5 Å². The first-order valence-corrected chi connectivity index (χ1v) is 10.9. The Morgan fingerprint density at radius 1 is 0.933 bits per heavy atom. The fourth-order valence-corrected chi connectivity index (χ4v) is 5.82. The lowest BCUT2D eigenvalue weighted by Crippen LogP contribution is -2.12. The summed E-state index contributed by atoms with van der Waals surface area (Å²) in [6, 6.07) is 21.4. The highest BCUT2D eigenvalue weighted by atomic mass is 32.2. The number of phenolic OH excluding ortho intramolecular Hbond substituents is 1. The normalized spacial score (nSPS) is 12.4. The quantitative estimate of drug-likeness (QED) is 0.280. The molecule has 0 spiro atoms. The molecule has 2 aromatic heterocycles. The molecular formula is C23H15NO4S2. The van der Waals surface area contributed by atoms with Crippen LogP contribution in [-0.2, 0) is 0 Å². The number of para-hydroxylation sites is 3. The Balaban J connectivity index is 1.72. The summed E-state index contributed by atoms with van der Waals surface area (Å²) in [5.41, 5.74) is 1.10. The molecule has 0 radical (unpaired) electrons. The maximum atomic E-state index is 12.9. The molecule has 2 heterocycles. The molecular weight excluding hydrogens is 418 g/mol. The standard InChI is InChI=1S/C23H15NO4S2/c25-16-10-4-1-7-13(16)21(30-23-24-15-9-3-6-12-18(15)29-23)19-20(26)14-8-2-5-11-17(14)28-22(19)27/h1-12,21,25-26H. The molecule has 0 aliphatic carbocycles. The molecule has 148 valence electrons. The number of benzene rings is 3. The van der Waals surface area contributed by atoms with Crippen LogP contribution in [-0.4, -0.2) is 15.2 Å². The van der Waals surface area contributed by atoms with Gasteiger partial charge in [-0.15, -0.1) is 11.3 Å². The molecule has 7 heteroatoms. The van der Waals surface area contributed by atoms with Crippen LogP contribution in [0.3, 0.4) is 0 Å². The number of aromatic nitrogens is 1. The largest absolute Gasteiger partial charge is 0.508 e. The van der Waals surface area contributed by atoms with Gasteiger partial charge in [-0.3, -0.25) is 0 Å². The summed E-state index contributed by atoms with van der Waals surface area (Å²) in [6.07, 6.45) is 0. The molecule has 1 unspecified atom stereocenters. The van der Waals surface area contributed by atoms with Crippen LogP contribution in [0.1, 0.15) is 16.4 Å². The number of hydrogen-bond donors (Lipinski definition) is 2. The topological polar surface area (TPSA) is 83.6 Å². The number of phenols is 1. The summed E-state index contributed by atoms with van der Waals surface area (Å²) in [7, 11) is 0. The van der Waals surface area contributed by atoms with Crippen molar-refractivity contribution < 1.29 is 14.6 Å². The third-order valence-corrected chi connectivity index (χ3v) is 7.18. The molecule has 5 rings (SSSR count). The molecule has 5 nitrogen and oxygen atoms in total. The third-order valence-electron chi connectivity index (χ3n) is 4.79. The van der Waals surface area contributed by atoms with Gasteiger partial charge in [0.25, 0.3) is 0 Å². The van der Waals surface area contributed by atoms with Gasteiger partial charge in [-0.1, -0.05) is 54.2 Å². The molecule has 0 bridgehead atoms. The lowest BCUT2D eigenvalue weighted by atomic mass is 10.0. The zero-order chi connectivity index (χ0) is 20.7. The van der Waals surface area contributed by atoms with Gasteiger partial charge in [-0.05, 0) is 30.3 Å². The number of rotatable bonds is 4. The Labute approximate surface area is 179 Å². The zero-order valence-electron chi connectivity index (χ0n) is 15.5. The van der Waals surface area contributed by atoms with E-state index in [9.17, 15) is 15.0 Å². The van der Waals surface area contributed by atoms with Gasteiger partial charge < -0.3 is 14.6 Å². The first-order valence-electron chi connectivity index (χ1n) is 9.16. The lowest BCUT2D eigenvalue weighted by Gasteiger charge is -2.18. The molecule has 30 heavy (non-hydrogen) atoms. The number of nitrogens with zero attached hydrogens (tertiary/aromatic N) is 1. The highest BCUT2D eigenvalue weighted by Crippen LogP contribution is 2.47. The van der Waals surface area contributed by atoms with Crippen molar-refractivity contribution in [2.24, 2.45) is 0 Å². The Hall–Kier alpha value is -3.29. The van der Waals surface area contributed by atoms with Crippen LogP contribution in [0, 0.1) is 0 Å². The molecule has 0 amide bonds. The van der Waals surface area contributed by atoms with Gasteiger partial charge in [0.2, 0.25) is 0 Å². The van der Waals surface area contributed by atoms with Crippen molar-refractivity contribution in [3.05, 3.63) is 94.3 Å². The molecule has 5 aromatic rings. The van der Waals surface area contributed by atoms with E-state index in [1.807, 2.05) is 24.3 Å². The molecule has 0 aliphatic rings. The molecule has 0 aliphatic heterocycles. The Bertz CT molecular complexity index is 1410. The Morgan fingerprint density at radius 2 is 1.67 bits per heavy atom. The highest BCUT2D eigenvalue weighted by Gasteiger charge is 2.28. The van der Waals surface area contributed by atoms with Crippen LogP contribution in [0.5, 0.6) is 11.5 Å². The van der Waals surface area contributed by atoms with E-state index in [1.54, 1.807) is 48.5 Å². The van der Waals surface area contributed by atoms with E-state index in [4.69, 9.17) is 4.42 Å². The van der Waals surface area contributed by atoms with Crippen LogP contribution in [0.15, 0.2) is 86.3 Å². The molecule has 0 saturated heterocycles. The van der Waals surface area contributed by atoms with Crippen LogP contribution in [0.2, 0.25) is 0 Å². The van der Waals surface area contributed by atoms with Crippen molar-refractivity contribution in [1.82, 2.24) is 4.98 Å². The number of hydrogen-bond acceptors (Lipinski definition) is 7. The van der Waals surface area contributed by atoms with Gasteiger partial charge in [0.15, 0.2) is 4.34 Å². The highest BCUT2D eigenvalue weighted by molar-refractivity contribution is 8.01. The summed E-state index contributed by atoms with van der Waals surface area (Å²) in [4.78, 5) is 17.5. The monoisotopic (exact) mass is 433 g/mol. The Kier molecular flexibility index (Phi) is 4.69. The van der Waals surface area contributed by atoms with Crippen molar-refractivity contribution >= 4 is 44.3 Å². The summed E-state index contributed by atoms with van der Waals surface area (Å²) >= 11 is 2.79. The second kappa shape index (κ2) is 7.51. The van der Waals surface area contributed by atoms with Crippen LogP contribution >= 0.6 is 23.1 Å². The van der Waals surface area contributed by atoms with Crippen molar-refractivity contribution in [1.29, 1.82) is 0 Å². The van der Waals surface area contributed by atoms with Crippen molar-refractivity contribution in [3.63, 3.8) is 0 Å². The summed E-state index contributed by atoms with van der Waals surface area (Å²) in [6.45, 7) is 0. The van der Waals surface area contributed by atoms with Gasteiger partial charge in [0.1, 0.15) is 17.1 Å². The minimum Gasteiger partial charge on any atom is -0.508 e. The van der Waals surface area contributed by atoms with E-state index in [2.05, 4.69) is 4.98 Å². The minimum atomic E-state index is -0.701. The summed E-state index contributed by atoms with van der Waals surface area (Å²) < 4.78 is 7.22. The van der Waals surface area contributed by atoms with Gasteiger partial charge in [0.05, 0.1) is 26.4 Å². The van der Waals surface area contributed by atoms with Crippen molar-refractivity contribution in [2.75, 3.05) is 0 Å². The smallest absolute Gasteiger partial charge is 0.344 e. The van der Waals surface area contributed by atoms with Gasteiger partial charge in [0, 0.05) is 5.56 Å². The second-order valence-corrected chi connectivity index (χ2v) is 9.04. The number of thiazole rings is 1. The van der Waals surface area contributed by atoms with E-state index in [-0.39, 0.29) is 17.1 Å². The van der Waals surface area contributed by atoms with E-state index in [0.29, 0.717) is 16.5 Å². The van der Waals surface area contributed by atoms with E-state index in [0.717, 1.165) is 14.6 Å². The predicted octanol–water partition coefficient (Wildman–Crippen LogP) is 5.70. The first kappa shape index (κ1) is 18.7. The average Bonchev–Trinajstić information content (AvgIpc) is 3.16. The third kappa shape index (κ3) is 3.22. The molecule has 2 N–H and O–H groups in total. The van der Waals surface area contributed by atoms with E-state index < -0.39 is 10.9 Å². The van der Waals surface area contributed by atoms with E-state index in [1.165, 1.54) is 23.1 Å². The van der Waals surface area contributed by atoms with Gasteiger partial charge >= 0.3 is 5.63 Å². The second-order valence-electron chi connectivity index (χ2n) is 6.65. The maximum absolute atomic E-state index is 12.9. The summed E-state index contributed by atoms with van der Waals surface area (Å²) in [5.74, 6) is -0.119. The fraction of sp³-hybridized carbons (Fsp3) is 0.0435. The van der Waals surface area contributed by atoms with Gasteiger partial charge in [-0.25, -0.2) is 9.78 Å². The predicted molar refractivity (Wildman–Crippen MR) is 120 cm³/mol. The zero-order valence-corrected chi connectivity index (χ0v) is 17.1. The Morgan fingerprint density at radius 3 is 2.50 bits per heavy atom. The molecule has 1 atom stereocenters. The molecule has 3 aromatic carbocycles. The molecule has 0 fully saturated rings. The maximum Gasteiger partial charge on any atom is 0.344 e.